The fourth-order valence-electron chi connectivity index (χ4n) is 4.46. The first kappa shape index (κ1) is 11.0. The van der Waals surface area contributed by atoms with E-state index in [1.807, 2.05) is 7.11 Å². The third-order valence-corrected chi connectivity index (χ3v) is 5.96. The topological polar surface area (TPSA) is 21.3 Å². The number of methoxy groups -OCH3 is 1. The molecule has 1 aliphatic heterocycles. The molecule has 1 N–H and O–H groups in total. The molecule has 0 radical (unpaired) electrons. The van der Waals surface area contributed by atoms with Crippen molar-refractivity contribution >= 4 is 0 Å². The molecular weight excluding hydrogens is 198 g/mol. The molecule has 2 bridgehead atoms. The molecule has 1 saturated heterocycles. The lowest BCUT2D eigenvalue weighted by Gasteiger charge is -2.61. The van der Waals surface area contributed by atoms with E-state index in [4.69, 9.17) is 4.74 Å². The van der Waals surface area contributed by atoms with Crippen LogP contribution in [-0.4, -0.2) is 25.8 Å². The fraction of sp³-hybridized carbons (Fsp3) is 1.00. The minimum Gasteiger partial charge on any atom is -0.376 e. The van der Waals surface area contributed by atoms with Crippen LogP contribution in [-0.2, 0) is 4.74 Å². The molecule has 3 atom stereocenters. The van der Waals surface area contributed by atoms with Gasteiger partial charge in [-0.3, -0.25) is 0 Å². The predicted octanol–water partition coefficient (Wildman–Crippen LogP) is 2.44. The first-order valence-corrected chi connectivity index (χ1v) is 6.83. The summed E-state index contributed by atoms with van der Waals surface area (Å²) in [5, 5.41) is 3.37. The number of hydrogen-bond donors (Lipinski definition) is 1. The van der Waals surface area contributed by atoms with Crippen molar-refractivity contribution in [1.82, 2.24) is 5.32 Å². The number of nitrogens with one attached hydrogen (secondary N) is 1. The minimum absolute atomic E-state index is 0.184. The van der Waals surface area contributed by atoms with Crippen LogP contribution in [0, 0.1) is 23.2 Å². The highest BCUT2D eigenvalue weighted by Gasteiger charge is 2.55. The van der Waals surface area contributed by atoms with Crippen LogP contribution in [0.5, 0.6) is 0 Å². The van der Waals surface area contributed by atoms with E-state index in [0.29, 0.717) is 5.41 Å². The zero-order valence-electron chi connectivity index (χ0n) is 10.9. The molecule has 92 valence electrons. The lowest BCUT2D eigenvalue weighted by molar-refractivity contribution is -0.141. The molecule has 3 unspecified atom stereocenters. The highest BCUT2D eigenvalue weighted by Crippen LogP contribution is 2.62. The largest absolute Gasteiger partial charge is 0.376 e. The van der Waals surface area contributed by atoms with E-state index < -0.39 is 0 Å². The van der Waals surface area contributed by atoms with Crippen LogP contribution in [0.4, 0.5) is 0 Å². The Hall–Kier alpha value is -0.0800. The van der Waals surface area contributed by atoms with Gasteiger partial charge in [-0.05, 0) is 48.9 Å². The SMILES string of the molecule is COC1(CC2CCC3CC2C3(C)C)CNC1. The Morgan fingerprint density at radius 3 is 2.44 bits per heavy atom. The maximum Gasteiger partial charge on any atom is 0.0928 e. The maximum absolute atomic E-state index is 5.75. The molecule has 3 saturated carbocycles. The first-order chi connectivity index (χ1) is 7.57. The Balaban J connectivity index is 1.67. The van der Waals surface area contributed by atoms with Crippen LogP contribution in [0.2, 0.25) is 0 Å². The number of hydrogen-bond acceptors (Lipinski definition) is 2. The normalized spacial score (nSPS) is 43.3. The van der Waals surface area contributed by atoms with E-state index in [2.05, 4.69) is 19.2 Å². The quantitative estimate of drug-likeness (QED) is 0.793. The fourth-order valence-corrected chi connectivity index (χ4v) is 4.46. The molecule has 2 nitrogen and oxygen atoms in total. The number of rotatable bonds is 3. The molecule has 16 heavy (non-hydrogen) atoms. The van der Waals surface area contributed by atoms with Gasteiger partial charge in [0.1, 0.15) is 0 Å². The van der Waals surface area contributed by atoms with Crippen molar-refractivity contribution in [3.05, 3.63) is 0 Å². The maximum atomic E-state index is 5.75. The van der Waals surface area contributed by atoms with Crippen LogP contribution in [0.3, 0.4) is 0 Å². The van der Waals surface area contributed by atoms with Gasteiger partial charge in [0, 0.05) is 20.2 Å². The van der Waals surface area contributed by atoms with Gasteiger partial charge in [0.05, 0.1) is 5.60 Å². The molecule has 1 heterocycles. The third kappa shape index (κ3) is 1.39. The van der Waals surface area contributed by atoms with E-state index in [0.717, 1.165) is 30.8 Å². The molecule has 4 rings (SSSR count). The first-order valence-electron chi connectivity index (χ1n) is 6.83. The summed E-state index contributed by atoms with van der Waals surface area (Å²) >= 11 is 0. The van der Waals surface area contributed by atoms with Crippen molar-refractivity contribution in [3.63, 3.8) is 0 Å². The van der Waals surface area contributed by atoms with E-state index in [1.165, 1.54) is 25.7 Å². The summed E-state index contributed by atoms with van der Waals surface area (Å²) in [6.07, 6.45) is 5.69. The molecule has 0 aromatic rings. The van der Waals surface area contributed by atoms with Gasteiger partial charge >= 0.3 is 0 Å². The number of ether oxygens (including phenoxy) is 1. The van der Waals surface area contributed by atoms with E-state index >= 15 is 0 Å². The van der Waals surface area contributed by atoms with Gasteiger partial charge in [0.2, 0.25) is 0 Å². The van der Waals surface area contributed by atoms with Gasteiger partial charge < -0.3 is 10.1 Å². The third-order valence-electron chi connectivity index (χ3n) is 5.96. The summed E-state index contributed by atoms with van der Waals surface area (Å²) in [5.74, 6) is 2.91. The highest BCUT2D eigenvalue weighted by molar-refractivity contribution is 5.06. The molecule has 2 heteroatoms. The van der Waals surface area contributed by atoms with E-state index in [1.54, 1.807) is 0 Å². The van der Waals surface area contributed by atoms with Crippen molar-refractivity contribution in [2.75, 3.05) is 20.2 Å². The Morgan fingerprint density at radius 2 is 2.00 bits per heavy atom. The summed E-state index contributed by atoms with van der Waals surface area (Å²) in [6, 6.07) is 0. The molecule has 0 aromatic carbocycles. The Bertz CT molecular complexity index is 275. The van der Waals surface area contributed by atoms with Crippen LogP contribution in [0.25, 0.3) is 0 Å². The van der Waals surface area contributed by atoms with Crippen LogP contribution >= 0.6 is 0 Å². The standard InChI is InChI=1S/C14H25NO/c1-13(2)11-5-4-10(12(13)6-11)7-14(16-3)8-15-9-14/h10-12,15H,4-9H2,1-3H3. The second-order valence-corrected chi connectivity index (χ2v) is 6.89. The average Bonchev–Trinajstić information content (AvgIpc) is 2.23. The molecule has 0 amide bonds. The molecule has 4 aliphatic rings. The lowest BCUT2D eigenvalue weighted by Crippen LogP contribution is -2.63. The highest BCUT2D eigenvalue weighted by atomic mass is 16.5. The smallest absolute Gasteiger partial charge is 0.0928 e. The molecule has 0 aromatic heterocycles. The summed E-state index contributed by atoms with van der Waals surface area (Å²) in [5.41, 5.74) is 0.804. The molecule has 4 fully saturated rings. The predicted molar refractivity (Wildman–Crippen MR) is 65.3 cm³/mol. The zero-order chi connectivity index (χ0) is 11.4. The molecule has 0 spiro atoms. The van der Waals surface area contributed by atoms with Crippen molar-refractivity contribution < 1.29 is 4.74 Å². The second kappa shape index (κ2) is 3.46. The Kier molecular flexibility index (Phi) is 2.38. The molecule has 3 aliphatic carbocycles. The molecular formula is C14H25NO. The Labute approximate surface area is 99.1 Å². The zero-order valence-corrected chi connectivity index (χ0v) is 10.9. The van der Waals surface area contributed by atoms with Crippen LogP contribution in [0.1, 0.15) is 39.5 Å². The van der Waals surface area contributed by atoms with Crippen molar-refractivity contribution in [2.24, 2.45) is 23.2 Å². The van der Waals surface area contributed by atoms with Crippen LogP contribution < -0.4 is 5.32 Å². The minimum atomic E-state index is 0.184. The van der Waals surface area contributed by atoms with Gasteiger partial charge in [-0.2, -0.15) is 0 Å². The van der Waals surface area contributed by atoms with Crippen molar-refractivity contribution in [1.29, 1.82) is 0 Å². The van der Waals surface area contributed by atoms with Gasteiger partial charge in [0.25, 0.3) is 0 Å². The van der Waals surface area contributed by atoms with Crippen molar-refractivity contribution in [2.45, 2.75) is 45.1 Å². The monoisotopic (exact) mass is 223 g/mol. The summed E-state index contributed by atoms with van der Waals surface area (Å²) in [4.78, 5) is 0. The van der Waals surface area contributed by atoms with E-state index in [9.17, 15) is 0 Å². The Morgan fingerprint density at radius 1 is 1.25 bits per heavy atom. The van der Waals surface area contributed by atoms with Crippen LogP contribution in [0.15, 0.2) is 0 Å². The number of fused-ring (bicyclic) bond motifs is 2. The summed E-state index contributed by atoms with van der Waals surface area (Å²) in [6.45, 7) is 7.10. The van der Waals surface area contributed by atoms with Gasteiger partial charge in [-0.1, -0.05) is 13.8 Å². The lowest BCUT2D eigenvalue weighted by atomic mass is 9.44. The van der Waals surface area contributed by atoms with Crippen molar-refractivity contribution in [3.8, 4) is 0 Å². The van der Waals surface area contributed by atoms with Gasteiger partial charge in [0.15, 0.2) is 0 Å². The second-order valence-electron chi connectivity index (χ2n) is 6.89. The van der Waals surface area contributed by atoms with Gasteiger partial charge in [-0.15, -0.1) is 0 Å². The summed E-state index contributed by atoms with van der Waals surface area (Å²) in [7, 11) is 1.89. The summed E-state index contributed by atoms with van der Waals surface area (Å²) < 4.78 is 5.75. The van der Waals surface area contributed by atoms with Gasteiger partial charge in [-0.25, -0.2) is 0 Å². The average molecular weight is 223 g/mol. The van der Waals surface area contributed by atoms with E-state index in [-0.39, 0.29) is 5.60 Å².